The molecule has 0 heterocycles. The molecule has 5 heteroatoms. The molecule has 0 saturated carbocycles. The molecule has 0 aromatic heterocycles. The van der Waals surface area contributed by atoms with Gasteiger partial charge >= 0.3 is 6.09 Å². The van der Waals surface area contributed by atoms with Gasteiger partial charge in [-0.25, -0.2) is 4.79 Å². The van der Waals surface area contributed by atoms with Crippen molar-refractivity contribution in [2.24, 2.45) is 5.92 Å². The van der Waals surface area contributed by atoms with Crippen LogP contribution in [0, 0.1) is 5.92 Å². The van der Waals surface area contributed by atoms with E-state index in [-0.39, 0.29) is 18.1 Å². The van der Waals surface area contributed by atoms with Crippen molar-refractivity contribution in [3.63, 3.8) is 0 Å². The summed E-state index contributed by atoms with van der Waals surface area (Å²) in [6.45, 7) is 15.5. The molecule has 0 bridgehead atoms. The summed E-state index contributed by atoms with van der Waals surface area (Å²) in [6.07, 6.45) is 0.919. The third-order valence-corrected chi connectivity index (χ3v) is 6.22. The fourth-order valence-electron chi connectivity index (χ4n) is 4.51. The number of benzene rings is 2. The van der Waals surface area contributed by atoms with Gasteiger partial charge in [-0.2, -0.15) is 0 Å². The highest BCUT2D eigenvalue weighted by Crippen LogP contribution is 2.24. The van der Waals surface area contributed by atoms with Crippen molar-refractivity contribution >= 4 is 6.09 Å². The Bertz CT molecular complexity index is 930. The largest absolute Gasteiger partial charge is 0.415 e. The van der Waals surface area contributed by atoms with Gasteiger partial charge in [0.05, 0.1) is 6.10 Å². The van der Waals surface area contributed by atoms with Crippen LogP contribution < -0.4 is 0 Å². The van der Waals surface area contributed by atoms with Gasteiger partial charge in [0.15, 0.2) is 0 Å². The van der Waals surface area contributed by atoms with Crippen LogP contribution in [0.1, 0.15) is 66.0 Å². The number of amides is 1. The van der Waals surface area contributed by atoms with Gasteiger partial charge in [0, 0.05) is 36.8 Å². The molecular formula is C31H44N2O3. The van der Waals surface area contributed by atoms with Crippen molar-refractivity contribution in [1.82, 2.24) is 9.80 Å². The Hall–Kier alpha value is -2.85. The van der Waals surface area contributed by atoms with Gasteiger partial charge in [-0.15, -0.1) is 0 Å². The Morgan fingerprint density at radius 3 is 1.78 bits per heavy atom. The molecular weight excluding hydrogens is 448 g/mol. The molecule has 2 aromatic rings. The summed E-state index contributed by atoms with van der Waals surface area (Å²) in [5.41, 5.74) is 6.06. The van der Waals surface area contributed by atoms with Crippen molar-refractivity contribution < 1.29 is 14.6 Å². The first-order valence-electron chi connectivity index (χ1n) is 13.0. The second-order valence-electron chi connectivity index (χ2n) is 10.4. The molecule has 0 aliphatic heterocycles. The van der Waals surface area contributed by atoms with E-state index in [1.165, 1.54) is 17.4 Å². The molecule has 0 radical (unpaired) electrons. The van der Waals surface area contributed by atoms with Crippen molar-refractivity contribution in [2.45, 2.75) is 92.2 Å². The fourth-order valence-corrected chi connectivity index (χ4v) is 4.51. The highest BCUT2D eigenvalue weighted by molar-refractivity contribution is 5.68. The number of nitrogens with zero attached hydrogens (tertiary/aromatic N) is 2. The van der Waals surface area contributed by atoms with E-state index in [9.17, 15) is 9.90 Å². The van der Waals surface area contributed by atoms with E-state index >= 15 is 0 Å². The average Bonchev–Trinajstić information content (AvgIpc) is 2.82. The molecule has 0 aliphatic carbocycles. The lowest BCUT2D eigenvalue weighted by Gasteiger charge is -2.36. The Kier molecular flexibility index (Phi) is 12.0. The molecule has 0 fully saturated rings. The van der Waals surface area contributed by atoms with Crippen LogP contribution >= 0.6 is 0 Å². The van der Waals surface area contributed by atoms with E-state index in [0.717, 1.165) is 6.42 Å². The van der Waals surface area contributed by atoms with Crippen LogP contribution in [0.5, 0.6) is 0 Å². The van der Waals surface area contributed by atoms with Gasteiger partial charge in [-0.3, -0.25) is 4.90 Å². The summed E-state index contributed by atoms with van der Waals surface area (Å²) in [5.74, 6) is 0.388. The van der Waals surface area contributed by atoms with Crippen LogP contribution in [0.2, 0.25) is 0 Å². The normalized spacial score (nSPS) is 13.0. The van der Waals surface area contributed by atoms with E-state index in [1.54, 1.807) is 4.90 Å². The molecule has 2 atom stereocenters. The zero-order valence-electron chi connectivity index (χ0n) is 23.0. The first-order valence-corrected chi connectivity index (χ1v) is 13.0. The van der Waals surface area contributed by atoms with E-state index in [0.29, 0.717) is 24.6 Å². The number of aliphatic hydroxyl groups is 1. The fraction of sp³-hybridized carbons (Fsp3) is 0.484. The summed E-state index contributed by atoms with van der Waals surface area (Å²) in [7, 11) is 0. The summed E-state index contributed by atoms with van der Waals surface area (Å²) < 4.78 is 5.37. The van der Waals surface area contributed by atoms with Gasteiger partial charge in [-0.1, -0.05) is 80.2 Å². The SMILES string of the molecule is CC(=C=COC(=O)N(C(C)C)C(C)C)[C@H](O)[C@H](CC(C)C)N(Cc1ccccc1)Cc1ccccc1. The third-order valence-electron chi connectivity index (χ3n) is 6.22. The predicted octanol–water partition coefficient (Wildman–Crippen LogP) is 6.78. The lowest BCUT2D eigenvalue weighted by Crippen LogP contribution is -2.44. The van der Waals surface area contributed by atoms with Crippen molar-refractivity contribution in [3.05, 3.63) is 89.4 Å². The smallest absolute Gasteiger partial charge is 0.410 e. The Balaban J connectivity index is 2.31. The quantitative estimate of drug-likeness (QED) is 0.262. The zero-order valence-corrected chi connectivity index (χ0v) is 23.0. The monoisotopic (exact) mass is 492 g/mol. The van der Waals surface area contributed by atoms with Crippen LogP contribution in [-0.2, 0) is 17.8 Å². The molecule has 5 nitrogen and oxygen atoms in total. The summed E-state index contributed by atoms with van der Waals surface area (Å²) in [4.78, 5) is 16.5. The first kappa shape index (κ1) is 29.4. The summed E-state index contributed by atoms with van der Waals surface area (Å²) in [5, 5.41) is 11.5. The minimum atomic E-state index is -0.763. The Morgan fingerprint density at radius 2 is 1.36 bits per heavy atom. The lowest BCUT2D eigenvalue weighted by molar-refractivity contribution is 0.0480. The van der Waals surface area contributed by atoms with Crippen molar-refractivity contribution in [1.29, 1.82) is 0 Å². The van der Waals surface area contributed by atoms with E-state index in [4.69, 9.17) is 4.74 Å². The number of carbonyl (C=O) groups excluding carboxylic acids is 1. The van der Waals surface area contributed by atoms with Crippen LogP contribution in [0.25, 0.3) is 0 Å². The molecule has 2 aromatic carbocycles. The number of hydrogen-bond donors (Lipinski definition) is 1. The molecule has 1 N–H and O–H groups in total. The topological polar surface area (TPSA) is 53.0 Å². The van der Waals surface area contributed by atoms with Crippen LogP contribution in [0.4, 0.5) is 4.79 Å². The second kappa shape index (κ2) is 14.6. The highest BCUT2D eigenvalue weighted by atomic mass is 16.5. The molecule has 36 heavy (non-hydrogen) atoms. The first-order chi connectivity index (χ1) is 17.1. The third kappa shape index (κ3) is 9.31. The van der Waals surface area contributed by atoms with E-state index < -0.39 is 12.2 Å². The van der Waals surface area contributed by atoms with Crippen LogP contribution in [0.3, 0.4) is 0 Å². The molecule has 1 amide bonds. The summed E-state index contributed by atoms with van der Waals surface area (Å²) in [6, 6.07) is 20.6. The molecule has 196 valence electrons. The van der Waals surface area contributed by atoms with Crippen LogP contribution in [-0.4, -0.2) is 45.2 Å². The van der Waals surface area contributed by atoms with Gasteiger partial charge < -0.3 is 14.7 Å². The van der Waals surface area contributed by atoms with Gasteiger partial charge in [-0.05, 0) is 58.1 Å². The zero-order chi connectivity index (χ0) is 26.7. The molecule has 0 spiro atoms. The lowest BCUT2D eigenvalue weighted by atomic mass is 9.93. The van der Waals surface area contributed by atoms with E-state index in [1.807, 2.05) is 71.0 Å². The molecule has 0 unspecified atom stereocenters. The van der Waals surface area contributed by atoms with Gasteiger partial charge in [0.25, 0.3) is 0 Å². The number of hydrogen-bond acceptors (Lipinski definition) is 4. The number of ether oxygens (including phenoxy) is 1. The second-order valence-corrected chi connectivity index (χ2v) is 10.4. The van der Waals surface area contributed by atoms with E-state index in [2.05, 4.69) is 48.7 Å². The predicted molar refractivity (Wildman–Crippen MR) is 147 cm³/mol. The van der Waals surface area contributed by atoms with Gasteiger partial charge in [0.1, 0.15) is 6.26 Å². The summed E-state index contributed by atoms with van der Waals surface area (Å²) >= 11 is 0. The number of carbonyl (C=O) groups is 1. The molecule has 0 aliphatic rings. The maximum absolute atomic E-state index is 12.5. The number of aliphatic hydroxyl groups excluding tert-OH is 1. The standard InChI is InChI=1S/C31H44N2O3/c1-23(2)20-29(30(34)26(7)18-19-36-31(35)33(24(3)4)25(5)6)32(21-27-14-10-8-11-15-27)22-28-16-12-9-13-17-28/h8-17,19,23-25,29-30,34H,20-22H2,1-7H3/t18?,29-,30-/m0/s1. The number of rotatable bonds is 12. The average molecular weight is 493 g/mol. The minimum absolute atomic E-state index is 0.0292. The maximum Gasteiger partial charge on any atom is 0.415 e. The van der Waals surface area contributed by atoms with Gasteiger partial charge in [0.2, 0.25) is 0 Å². The van der Waals surface area contributed by atoms with Crippen molar-refractivity contribution in [3.8, 4) is 0 Å². The molecule has 2 rings (SSSR count). The maximum atomic E-state index is 12.5. The van der Waals surface area contributed by atoms with Crippen molar-refractivity contribution in [2.75, 3.05) is 0 Å². The minimum Gasteiger partial charge on any atom is -0.410 e. The molecule has 0 saturated heterocycles. The highest BCUT2D eigenvalue weighted by Gasteiger charge is 2.28. The van der Waals surface area contributed by atoms with Crippen LogP contribution in [0.15, 0.2) is 78.2 Å². The Labute approximate surface area is 218 Å². The Morgan fingerprint density at radius 1 is 0.889 bits per heavy atom.